The molecule has 1 aromatic rings. The highest BCUT2D eigenvalue weighted by atomic mass is 79.9. The summed E-state index contributed by atoms with van der Waals surface area (Å²) in [6, 6.07) is 0.216. The molecule has 0 aromatic carbocycles. The van der Waals surface area contributed by atoms with Crippen LogP contribution >= 0.6 is 15.9 Å². The Bertz CT molecular complexity index is 409. The van der Waals surface area contributed by atoms with Crippen LogP contribution < -0.4 is 5.73 Å². The second-order valence-corrected chi connectivity index (χ2v) is 5.74. The number of hydrogen-bond acceptors (Lipinski definition) is 4. The maximum Gasteiger partial charge on any atom is 0.109 e. The number of halogens is 1. The number of rotatable bonds is 3. The van der Waals surface area contributed by atoms with E-state index in [-0.39, 0.29) is 6.04 Å². The van der Waals surface area contributed by atoms with Gasteiger partial charge < -0.3 is 15.2 Å². The van der Waals surface area contributed by atoms with Crippen LogP contribution in [0.5, 0.6) is 0 Å². The number of hydrogen-bond donors (Lipinski definition) is 1. The van der Waals surface area contributed by atoms with Crippen LogP contribution in [-0.4, -0.2) is 59.1 Å². The van der Waals surface area contributed by atoms with Gasteiger partial charge in [-0.1, -0.05) is 0 Å². The smallest absolute Gasteiger partial charge is 0.109 e. The molecule has 2 N–H and O–H groups in total. The Hall–Kier alpha value is -0.430. The number of likely N-dealkylation sites (N-methyl/N-ethyl adjacent to an activating group) is 1. The maximum atomic E-state index is 5.97. The van der Waals surface area contributed by atoms with Gasteiger partial charge >= 0.3 is 0 Å². The minimum absolute atomic E-state index is 0.216. The average molecular weight is 316 g/mol. The third-order valence-corrected chi connectivity index (χ3v) is 4.73. The van der Waals surface area contributed by atoms with E-state index < -0.39 is 0 Å². The largest absolute Gasteiger partial charge is 0.329 e. The highest BCUT2D eigenvalue weighted by Gasteiger charge is 2.27. The molecule has 102 valence electrons. The van der Waals surface area contributed by atoms with Crippen molar-refractivity contribution >= 4 is 15.9 Å². The van der Waals surface area contributed by atoms with Crippen molar-refractivity contribution in [1.29, 1.82) is 0 Å². The number of imidazole rings is 1. The second-order valence-electron chi connectivity index (χ2n) is 4.98. The molecule has 0 spiro atoms. The van der Waals surface area contributed by atoms with Crippen molar-refractivity contribution in [2.75, 3.05) is 39.8 Å². The Morgan fingerprint density at radius 3 is 2.33 bits per heavy atom. The molecule has 18 heavy (non-hydrogen) atoms. The van der Waals surface area contributed by atoms with E-state index in [0.29, 0.717) is 6.54 Å². The van der Waals surface area contributed by atoms with Gasteiger partial charge in [-0.3, -0.25) is 4.90 Å². The molecule has 1 unspecified atom stereocenters. The normalized spacial score (nSPS) is 20.3. The third-order valence-electron chi connectivity index (χ3n) is 3.79. The molecular formula is C12H22BrN5. The van der Waals surface area contributed by atoms with Crippen molar-refractivity contribution < 1.29 is 0 Å². The van der Waals surface area contributed by atoms with E-state index in [0.717, 1.165) is 42.3 Å². The van der Waals surface area contributed by atoms with Gasteiger partial charge in [0.25, 0.3) is 0 Å². The van der Waals surface area contributed by atoms with Crippen molar-refractivity contribution in [1.82, 2.24) is 19.4 Å². The van der Waals surface area contributed by atoms with Crippen LogP contribution in [0.2, 0.25) is 0 Å². The Kier molecular flexibility index (Phi) is 4.42. The van der Waals surface area contributed by atoms with Crippen molar-refractivity contribution in [2.45, 2.75) is 13.0 Å². The van der Waals surface area contributed by atoms with Gasteiger partial charge in [-0.25, -0.2) is 4.98 Å². The maximum absolute atomic E-state index is 5.97. The lowest BCUT2D eigenvalue weighted by atomic mass is 10.1. The van der Waals surface area contributed by atoms with Crippen molar-refractivity contribution in [2.24, 2.45) is 12.8 Å². The van der Waals surface area contributed by atoms with Crippen LogP contribution in [-0.2, 0) is 7.05 Å². The van der Waals surface area contributed by atoms with Gasteiger partial charge in [0.1, 0.15) is 10.4 Å². The molecule has 2 rings (SSSR count). The van der Waals surface area contributed by atoms with E-state index in [1.165, 1.54) is 0 Å². The molecule has 1 atom stereocenters. The summed E-state index contributed by atoms with van der Waals surface area (Å²) >= 11 is 3.63. The summed E-state index contributed by atoms with van der Waals surface area (Å²) in [6.45, 7) is 6.94. The van der Waals surface area contributed by atoms with E-state index in [4.69, 9.17) is 5.73 Å². The molecule has 0 bridgehead atoms. The summed E-state index contributed by atoms with van der Waals surface area (Å²) in [5.74, 6) is 1.02. The zero-order valence-corrected chi connectivity index (χ0v) is 12.9. The zero-order valence-electron chi connectivity index (χ0n) is 11.4. The summed E-state index contributed by atoms with van der Waals surface area (Å²) in [4.78, 5) is 9.44. The minimum atomic E-state index is 0.216. The molecule has 1 saturated heterocycles. The molecule has 1 aliphatic heterocycles. The highest BCUT2D eigenvalue weighted by Crippen LogP contribution is 2.27. The summed E-state index contributed by atoms with van der Waals surface area (Å²) in [5.41, 5.74) is 7.04. The van der Waals surface area contributed by atoms with E-state index in [1.807, 2.05) is 14.0 Å². The summed E-state index contributed by atoms with van der Waals surface area (Å²) in [6.07, 6.45) is 0. The highest BCUT2D eigenvalue weighted by molar-refractivity contribution is 9.10. The van der Waals surface area contributed by atoms with Crippen LogP contribution in [0.4, 0.5) is 0 Å². The molecule has 0 saturated carbocycles. The van der Waals surface area contributed by atoms with Crippen molar-refractivity contribution in [3.05, 3.63) is 16.1 Å². The Labute approximate surface area is 117 Å². The predicted molar refractivity (Wildman–Crippen MR) is 76.5 cm³/mol. The van der Waals surface area contributed by atoms with Crippen LogP contribution in [0.1, 0.15) is 17.6 Å². The first-order valence-corrected chi connectivity index (χ1v) is 7.15. The van der Waals surface area contributed by atoms with Gasteiger partial charge in [0.05, 0.1) is 11.7 Å². The summed E-state index contributed by atoms with van der Waals surface area (Å²) < 4.78 is 3.11. The van der Waals surface area contributed by atoms with E-state index >= 15 is 0 Å². The molecular weight excluding hydrogens is 294 g/mol. The minimum Gasteiger partial charge on any atom is -0.329 e. The first-order valence-electron chi connectivity index (χ1n) is 6.36. The SMILES string of the molecule is Cc1nc(C(CN)N2CCN(C)CC2)c(Br)n1C. The van der Waals surface area contributed by atoms with Gasteiger partial charge in [0, 0.05) is 39.8 Å². The third kappa shape index (κ3) is 2.61. The zero-order chi connectivity index (χ0) is 13.3. The fraction of sp³-hybridized carbons (Fsp3) is 0.750. The van der Waals surface area contributed by atoms with Crippen molar-refractivity contribution in [3.63, 3.8) is 0 Å². The molecule has 0 aliphatic carbocycles. The van der Waals surface area contributed by atoms with Crippen LogP contribution in [0, 0.1) is 6.92 Å². The molecule has 0 amide bonds. The second kappa shape index (κ2) is 5.69. The van der Waals surface area contributed by atoms with Gasteiger partial charge in [0.2, 0.25) is 0 Å². The first kappa shape index (κ1) is 14.0. The fourth-order valence-electron chi connectivity index (χ4n) is 2.39. The number of aromatic nitrogens is 2. The average Bonchev–Trinajstić information content (AvgIpc) is 2.61. The van der Waals surface area contributed by atoms with Gasteiger partial charge in [-0.05, 0) is 29.9 Å². The van der Waals surface area contributed by atoms with E-state index in [1.54, 1.807) is 0 Å². The van der Waals surface area contributed by atoms with Crippen molar-refractivity contribution in [3.8, 4) is 0 Å². The molecule has 1 aromatic heterocycles. The Morgan fingerprint density at radius 1 is 1.28 bits per heavy atom. The molecule has 0 radical (unpaired) electrons. The monoisotopic (exact) mass is 315 g/mol. The van der Waals surface area contributed by atoms with Crippen LogP contribution in [0.3, 0.4) is 0 Å². The topological polar surface area (TPSA) is 50.3 Å². The van der Waals surface area contributed by atoms with E-state index in [9.17, 15) is 0 Å². The molecule has 2 heterocycles. The molecule has 5 nitrogen and oxygen atoms in total. The first-order chi connectivity index (χ1) is 8.54. The van der Waals surface area contributed by atoms with E-state index in [2.05, 4.69) is 42.3 Å². The lowest BCUT2D eigenvalue weighted by molar-refractivity contribution is 0.112. The van der Waals surface area contributed by atoms with Gasteiger partial charge in [0.15, 0.2) is 0 Å². The molecule has 1 aliphatic rings. The summed E-state index contributed by atoms with van der Waals surface area (Å²) in [5, 5.41) is 0. The van der Waals surface area contributed by atoms with Gasteiger partial charge in [-0.2, -0.15) is 0 Å². The number of aryl methyl sites for hydroxylation is 1. The Balaban J connectivity index is 2.20. The molecule has 6 heteroatoms. The number of nitrogens with zero attached hydrogens (tertiary/aromatic N) is 4. The fourth-order valence-corrected chi connectivity index (χ4v) is 3.00. The van der Waals surface area contributed by atoms with Gasteiger partial charge in [-0.15, -0.1) is 0 Å². The Morgan fingerprint density at radius 2 is 1.89 bits per heavy atom. The van der Waals surface area contributed by atoms with Crippen LogP contribution in [0.25, 0.3) is 0 Å². The number of piperazine rings is 1. The number of nitrogens with two attached hydrogens (primary N) is 1. The standard InChI is InChI=1S/C12H22BrN5/c1-9-15-11(12(13)17(9)3)10(8-14)18-6-4-16(2)5-7-18/h10H,4-8,14H2,1-3H3. The lowest BCUT2D eigenvalue weighted by Gasteiger charge is -2.37. The molecule has 1 fully saturated rings. The predicted octanol–water partition coefficient (Wildman–Crippen LogP) is 0.738. The summed E-state index contributed by atoms with van der Waals surface area (Å²) in [7, 11) is 4.18. The van der Waals surface area contributed by atoms with Crippen LogP contribution in [0.15, 0.2) is 4.60 Å². The lowest BCUT2D eigenvalue weighted by Crippen LogP contribution is -2.47. The quantitative estimate of drug-likeness (QED) is 0.894.